The maximum absolute atomic E-state index is 3.73. The SMILES string of the molecule is C=CCSCCNC1CCc2ccc(C)cc21. The zero-order valence-corrected chi connectivity index (χ0v) is 11.4. The number of fused-ring (bicyclic) bond motifs is 1. The predicted molar refractivity (Wildman–Crippen MR) is 77.8 cm³/mol. The highest BCUT2D eigenvalue weighted by atomic mass is 32.2. The van der Waals surface area contributed by atoms with E-state index in [0.29, 0.717) is 6.04 Å². The topological polar surface area (TPSA) is 12.0 Å². The van der Waals surface area contributed by atoms with Crippen LogP contribution in [0.5, 0.6) is 0 Å². The van der Waals surface area contributed by atoms with Crippen LogP contribution in [0.3, 0.4) is 0 Å². The van der Waals surface area contributed by atoms with Gasteiger partial charge in [0.05, 0.1) is 0 Å². The molecule has 92 valence electrons. The number of nitrogens with one attached hydrogen (secondary N) is 1. The summed E-state index contributed by atoms with van der Waals surface area (Å²) in [5.41, 5.74) is 4.43. The third-order valence-corrected chi connectivity index (χ3v) is 4.22. The summed E-state index contributed by atoms with van der Waals surface area (Å²) in [6.45, 7) is 7.00. The molecular formula is C15H21NS. The first kappa shape index (κ1) is 12.7. The molecule has 2 heteroatoms. The molecule has 0 heterocycles. The van der Waals surface area contributed by atoms with E-state index in [4.69, 9.17) is 0 Å². The molecule has 2 rings (SSSR count). The Balaban J connectivity index is 1.84. The van der Waals surface area contributed by atoms with Gasteiger partial charge in [-0.25, -0.2) is 0 Å². The van der Waals surface area contributed by atoms with Gasteiger partial charge < -0.3 is 5.32 Å². The monoisotopic (exact) mass is 247 g/mol. The first-order valence-electron chi connectivity index (χ1n) is 6.32. The average Bonchev–Trinajstić information content (AvgIpc) is 2.72. The summed E-state index contributed by atoms with van der Waals surface area (Å²) in [7, 11) is 0. The molecule has 0 fully saturated rings. The summed E-state index contributed by atoms with van der Waals surface area (Å²) >= 11 is 1.94. The third-order valence-electron chi connectivity index (χ3n) is 3.25. The van der Waals surface area contributed by atoms with Gasteiger partial charge in [-0.1, -0.05) is 29.8 Å². The highest BCUT2D eigenvalue weighted by Gasteiger charge is 2.21. The second-order valence-corrected chi connectivity index (χ2v) is 5.76. The summed E-state index contributed by atoms with van der Waals surface area (Å²) in [6, 6.07) is 7.44. The van der Waals surface area contributed by atoms with Crippen LogP contribution in [0.25, 0.3) is 0 Å². The Hall–Kier alpha value is -0.730. The fourth-order valence-electron chi connectivity index (χ4n) is 2.41. The predicted octanol–water partition coefficient (Wildman–Crippen LogP) is 3.49. The van der Waals surface area contributed by atoms with Gasteiger partial charge in [0.25, 0.3) is 0 Å². The van der Waals surface area contributed by atoms with Crippen LogP contribution in [-0.2, 0) is 6.42 Å². The van der Waals surface area contributed by atoms with Crippen molar-refractivity contribution in [3.8, 4) is 0 Å². The van der Waals surface area contributed by atoms with Crippen molar-refractivity contribution >= 4 is 11.8 Å². The van der Waals surface area contributed by atoms with Crippen LogP contribution in [0.4, 0.5) is 0 Å². The van der Waals surface area contributed by atoms with Crippen molar-refractivity contribution in [1.29, 1.82) is 0 Å². The first-order chi connectivity index (χ1) is 8.31. The van der Waals surface area contributed by atoms with E-state index < -0.39 is 0 Å². The zero-order valence-electron chi connectivity index (χ0n) is 10.5. The number of aryl methyl sites for hydroxylation is 2. The molecule has 1 aromatic carbocycles. The molecule has 1 atom stereocenters. The molecule has 0 aromatic heterocycles. The first-order valence-corrected chi connectivity index (χ1v) is 7.48. The fourth-order valence-corrected chi connectivity index (χ4v) is 3.00. The fraction of sp³-hybridized carbons (Fsp3) is 0.467. The van der Waals surface area contributed by atoms with Crippen LogP contribution in [0, 0.1) is 6.92 Å². The van der Waals surface area contributed by atoms with E-state index in [1.807, 2.05) is 17.8 Å². The van der Waals surface area contributed by atoms with Crippen molar-refractivity contribution in [3.05, 3.63) is 47.5 Å². The Morgan fingerprint density at radius 2 is 2.41 bits per heavy atom. The van der Waals surface area contributed by atoms with E-state index in [1.165, 1.54) is 35.3 Å². The molecule has 0 radical (unpaired) electrons. The molecule has 0 aliphatic heterocycles. The maximum Gasteiger partial charge on any atom is 0.0326 e. The Labute approximate surface area is 109 Å². The van der Waals surface area contributed by atoms with Gasteiger partial charge in [0.15, 0.2) is 0 Å². The maximum atomic E-state index is 3.73. The van der Waals surface area contributed by atoms with E-state index in [0.717, 1.165) is 12.3 Å². The molecule has 1 aliphatic rings. The third kappa shape index (κ3) is 3.36. The highest BCUT2D eigenvalue weighted by molar-refractivity contribution is 7.99. The molecule has 0 saturated carbocycles. The lowest BCUT2D eigenvalue weighted by Crippen LogP contribution is -2.22. The standard InChI is InChI=1S/C15H21NS/c1-3-9-17-10-8-16-15-7-6-13-5-4-12(2)11-14(13)15/h3-5,11,15-16H,1,6-10H2,2H3. The minimum Gasteiger partial charge on any atom is -0.309 e. The number of hydrogen-bond donors (Lipinski definition) is 1. The van der Waals surface area contributed by atoms with Crippen molar-refractivity contribution < 1.29 is 0 Å². The lowest BCUT2D eigenvalue weighted by molar-refractivity contribution is 0.551. The minimum absolute atomic E-state index is 0.578. The number of benzene rings is 1. The van der Waals surface area contributed by atoms with Gasteiger partial charge in [-0.15, -0.1) is 6.58 Å². The van der Waals surface area contributed by atoms with Crippen LogP contribution < -0.4 is 5.32 Å². The molecule has 0 saturated heterocycles. The molecule has 1 aliphatic carbocycles. The van der Waals surface area contributed by atoms with Gasteiger partial charge in [-0.2, -0.15) is 11.8 Å². The normalized spacial score (nSPS) is 18.1. The van der Waals surface area contributed by atoms with Crippen LogP contribution >= 0.6 is 11.8 Å². The summed E-state index contributed by atoms with van der Waals surface area (Å²) in [5.74, 6) is 2.23. The molecule has 17 heavy (non-hydrogen) atoms. The number of thioether (sulfide) groups is 1. The smallest absolute Gasteiger partial charge is 0.0326 e. The van der Waals surface area contributed by atoms with Crippen LogP contribution in [0.15, 0.2) is 30.9 Å². The molecule has 1 aromatic rings. The van der Waals surface area contributed by atoms with Crippen LogP contribution in [-0.4, -0.2) is 18.1 Å². The van der Waals surface area contributed by atoms with Gasteiger partial charge in [-0.3, -0.25) is 0 Å². The highest BCUT2D eigenvalue weighted by Crippen LogP contribution is 2.31. The van der Waals surface area contributed by atoms with Gasteiger partial charge in [0.1, 0.15) is 0 Å². The Bertz CT molecular complexity index is 387. The molecule has 0 bridgehead atoms. The van der Waals surface area contributed by atoms with Gasteiger partial charge in [0.2, 0.25) is 0 Å². The summed E-state index contributed by atoms with van der Waals surface area (Å²) < 4.78 is 0. The average molecular weight is 247 g/mol. The van der Waals surface area contributed by atoms with E-state index in [1.54, 1.807) is 0 Å². The van der Waals surface area contributed by atoms with E-state index in [2.05, 4.69) is 37.0 Å². The summed E-state index contributed by atoms with van der Waals surface area (Å²) in [4.78, 5) is 0. The van der Waals surface area contributed by atoms with Crippen molar-refractivity contribution in [3.63, 3.8) is 0 Å². The second-order valence-electron chi connectivity index (χ2n) is 4.61. The summed E-state index contributed by atoms with van der Waals surface area (Å²) in [6.07, 6.45) is 4.46. The largest absolute Gasteiger partial charge is 0.309 e. The van der Waals surface area contributed by atoms with Gasteiger partial charge in [-0.05, 0) is 30.9 Å². The second kappa shape index (κ2) is 6.27. The molecule has 1 unspecified atom stereocenters. The molecule has 0 spiro atoms. The van der Waals surface area contributed by atoms with Gasteiger partial charge >= 0.3 is 0 Å². The van der Waals surface area contributed by atoms with Crippen molar-refractivity contribution in [1.82, 2.24) is 5.32 Å². The quantitative estimate of drug-likeness (QED) is 0.610. The Kier molecular flexibility index (Phi) is 4.69. The number of hydrogen-bond acceptors (Lipinski definition) is 2. The zero-order chi connectivity index (χ0) is 12.1. The Morgan fingerprint density at radius 1 is 1.53 bits per heavy atom. The number of rotatable bonds is 6. The van der Waals surface area contributed by atoms with Crippen LogP contribution in [0.1, 0.15) is 29.2 Å². The molecule has 1 N–H and O–H groups in total. The van der Waals surface area contributed by atoms with Crippen molar-refractivity contribution in [2.75, 3.05) is 18.1 Å². The van der Waals surface area contributed by atoms with E-state index >= 15 is 0 Å². The van der Waals surface area contributed by atoms with Gasteiger partial charge in [0, 0.05) is 24.1 Å². The lowest BCUT2D eigenvalue weighted by atomic mass is 10.1. The van der Waals surface area contributed by atoms with Crippen molar-refractivity contribution in [2.45, 2.75) is 25.8 Å². The lowest BCUT2D eigenvalue weighted by Gasteiger charge is -2.14. The van der Waals surface area contributed by atoms with E-state index in [9.17, 15) is 0 Å². The molecular weight excluding hydrogens is 226 g/mol. The molecule has 1 nitrogen and oxygen atoms in total. The Morgan fingerprint density at radius 3 is 3.24 bits per heavy atom. The minimum atomic E-state index is 0.578. The summed E-state index contributed by atoms with van der Waals surface area (Å²) in [5, 5.41) is 3.67. The van der Waals surface area contributed by atoms with Crippen molar-refractivity contribution in [2.24, 2.45) is 0 Å². The molecule has 0 amide bonds. The van der Waals surface area contributed by atoms with Crippen LogP contribution in [0.2, 0.25) is 0 Å². The van der Waals surface area contributed by atoms with E-state index in [-0.39, 0.29) is 0 Å².